The summed E-state index contributed by atoms with van der Waals surface area (Å²) < 4.78 is 7.14. The van der Waals surface area contributed by atoms with Crippen LogP contribution in [0, 0.1) is 27.7 Å². The normalized spacial score (nSPS) is 16.8. The van der Waals surface area contributed by atoms with Gasteiger partial charge in [-0.05, 0) is 99.1 Å². The van der Waals surface area contributed by atoms with E-state index >= 15 is 0 Å². The summed E-state index contributed by atoms with van der Waals surface area (Å²) in [6.45, 7) is 8.23. The smallest absolute Gasteiger partial charge is 0.250 e. The van der Waals surface area contributed by atoms with Crippen LogP contribution in [0.5, 0.6) is 0 Å². The van der Waals surface area contributed by atoms with Crippen LogP contribution in [0.1, 0.15) is 45.9 Å². The van der Waals surface area contributed by atoms with E-state index < -0.39 is 0 Å². The molecule has 200 valence electrons. The number of rotatable bonds is 7. The first kappa shape index (κ1) is 26.5. The van der Waals surface area contributed by atoms with Gasteiger partial charge in [0.25, 0.3) is 0 Å². The van der Waals surface area contributed by atoms with E-state index in [0.29, 0.717) is 5.11 Å². The van der Waals surface area contributed by atoms with Gasteiger partial charge in [0.15, 0.2) is 5.11 Å². The first-order valence-corrected chi connectivity index (χ1v) is 13.2. The Balaban J connectivity index is 1.60. The van der Waals surface area contributed by atoms with E-state index in [2.05, 4.69) is 56.0 Å². The Hall–Kier alpha value is -4.08. The largest absolute Gasteiger partial charge is 0.375 e. The van der Waals surface area contributed by atoms with Crippen molar-refractivity contribution in [3.63, 3.8) is 0 Å². The van der Waals surface area contributed by atoms with Gasteiger partial charge in [-0.2, -0.15) is 0 Å². The number of anilines is 2. The third-order valence-corrected chi connectivity index (χ3v) is 7.36. The Bertz CT molecular complexity index is 1520. The molecule has 2 atom stereocenters. The number of amides is 1. The first-order valence-electron chi connectivity index (χ1n) is 12.8. The molecule has 2 unspecified atom stereocenters. The molecule has 1 aromatic carbocycles. The number of methoxy groups -OCH3 is 1. The standard InChI is InChI=1S/C30H32N6O2S/c1-18-9-12-26(32-16-18)35-20(3)15-23(21(35)4)29-28(25-8-6-7-13-31-25)34-30(39)36(29)22-10-11-24(19(2)14-22)33-27(37)17-38-5/h6-16,28-29H,17H2,1-5H3,(H,33,37)(H,34,39). The van der Waals surface area contributed by atoms with E-state index in [0.717, 1.165) is 51.0 Å². The molecule has 1 aliphatic rings. The number of nitrogens with one attached hydrogen (secondary N) is 2. The van der Waals surface area contributed by atoms with Crippen LogP contribution in [0.15, 0.2) is 67.0 Å². The van der Waals surface area contributed by atoms with Crippen LogP contribution in [0.25, 0.3) is 5.82 Å². The highest BCUT2D eigenvalue weighted by Gasteiger charge is 2.42. The maximum Gasteiger partial charge on any atom is 0.250 e. The molecule has 39 heavy (non-hydrogen) atoms. The van der Waals surface area contributed by atoms with Crippen LogP contribution in [-0.2, 0) is 9.53 Å². The zero-order valence-electron chi connectivity index (χ0n) is 22.7. The van der Waals surface area contributed by atoms with Crippen LogP contribution in [0.2, 0.25) is 0 Å². The summed E-state index contributed by atoms with van der Waals surface area (Å²) >= 11 is 5.93. The predicted octanol–water partition coefficient (Wildman–Crippen LogP) is 5.26. The molecule has 0 bridgehead atoms. The predicted molar refractivity (Wildman–Crippen MR) is 157 cm³/mol. The van der Waals surface area contributed by atoms with Crippen LogP contribution < -0.4 is 15.5 Å². The van der Waals surface area contributed by atoms with Gasteiger partial charge in [0, 0.05) is 42.3 Å². The van der Waals surface area contributed by atoms with Gasteiger partial charge >= 0.3 is 0 Å². The lowest BCUT2D eigenvalue weighted by Gasteiger charge is -2.29. The van der Waals surface area contributed by atoms with Gasteiger partial charge < -0.3 is 24.8 Å². The highest BCUT2D eigenvalue weighted by atomic mass is 32.1. The molecule has 4 aromatic rings. The minimum absolute atomic E-state index is 0.000605. The molecule has 0 radical (unpaired) electrons. The summed E-state index contributed by atoms with van der Waals surface area (Å²) in [7, 11) is 1.50. The number of benzene rings is 1. The third-order valence-electron chi connectivity index (χ3n) is 7.05. The van der Waals surface area contributed by atoms with Gasteiger partial charge in [0.05, 0.1) is 17.8 Å². The summed E-state index contributed by atoms with van der Waals surface area (Å²) in [4.78, 5) is 23.6. The summed E-state index contributed by atoms with van der Waals surface area (Å²) in [5.74, 6) is 0.681. The molecule has 3 aromatic heterocycles. The molecular weight excluding hydrogens is 508 g/mol. The number of pyridine rings is 2. The maximum absolute atomic E-state index is 12.1. The Kier molecular flexibility index (Phi) is 7.45. The van der Waals surface area contributed by atoms with E-state index in [-0.39, 0.29) is 24.6 Å². The molecule has 1 aliphatic heterocycles. The van der Waals surface area contributed by atoms with Crippen LogP contribution in [0.3, 0.4) is 0 Å². The Morgan fingerprint density at radius 2 is 1.90 bits per heavy atom. The fourth-order valence-corrected chi connectivity index (χ4v) is 5.58. The van der Waals surface area contributed by atoms with Crippen molar-refractivity contribution in [2.75, 3.05) is 23.9 Å². The highest BCUT2D eigenvalue weighted by molar-refractivity contribution is 7.80. The fraction of sp³-hybridized carbons (Fsp3) is 0.267. The van der Waals surface area contributed by atoms with Crippen LogP contribution >= 0.6 is 12.2 Å². The molecule has 1 fully saturated rings. The van der Waals surface area contributed by atoms with Gasteiger partial charge in [-0.1, -0.05) is 12.1 Å². The average Bonchev–Trinajstić information content (AvgIpc) is 3.41. The fourth-order valence-electron chi connectivity index (χ4n) is 5.24. The van der Waals surface area contributed by atoms with Crippen molar-refractivity contribution in [1.82, 2.24) is 19.9 Å². The molecule has 8 nitrogen and oxygen atoms in total. The molecule has 0 spiro atoms. The lowest BCUT2D eigenvalue weighted by Crippen LogP contribution is -2.29. The second kappa shape index (κ2) is 11.0. The lowest BCUT2D eigenvalue weighted by molar-refractivity contribution is -0.119. The van der Waals surface area contributed by atoms with Crippen molar-refractivity contribution >= 4 is 34.6 Å². The second-order valence-corrected chi connectivity index (χ2v) is 10.2. The highest BCUT2D eigenvalue weighted by Crippen LogP contribution is 2.44. The van der Waals surface area contributed by atoms with Crippen molar-refractivity contribution in [1.29, 1.82) is 0 Å². The number of thiocarbonyl (C=S) groups is 1. The topological polar surface area (TPSA) is 84.3 Å². The van der Waals surface area contributed by atoms with E-state index in [1.165, 1.54) is 7.11 Å². The number of nitrogens with zero attached hydrogens (tertiary/aromatic N) is 4. The third kappa shape index (κ3) is 5.15. The number of carbonyl (C=O) groups is 1. The number of aromatic nitrogens is 3. The molecule has 1 amide bonds. The minimum Gasteiger partial charge on any atom is -0.375 e. The number of carbonyl (C=O) groups excluding carboxylic acids is 1. The van der Waals surface area contributed by atoms with Crippen LogP contribution in [-0.4, -0.2) is 39.3 Å². The van der Waals surface area contributed by atoms with Crippen molar-refractivity contribution in [3.05, 3.63) is 101 Å². The van der Waals surface area contributed by atoms with E-state index in [9.17, 15) is 4.79 Å². The zero-order valence-corrected chi connectivity index (χ0v) is 23.5. The molecule has 0 aliphatic carbocycles. The van der Waals surface area contributed by atoms with E-state index in [1.807, 2.05) is 62.5 Å². The summed E-state index contributed by atoms with van der Waals surface area (Å²) in [5, 5.41) is 7.06. The molecule has 1 saturated heterocycles. The van der Waals surface area contributed by atoms with Gasteiger partial charge in [-0.25, -0.2) is 4.98 Å². The summed E-state index contributed by atoms with van der Waals surface area (Å²) in [6, 6.07) is 17.9. The molecular formula is C30H32N6O2S. The summed E-state index contributed by atoms with van der Waals surface area (Å²) in [6.07, 6.45) is 3.69. The van der Waals surface area contributed by atoms with Crippen molar-refractivity contribution in [2.24, 2.45) is 0 Å². The molecule has 9 heteroatoms. The minimum atomic E-state index is -0.197. The van der Waals surface area contributed by atoms with Gasteiger partial charge in [-0.3, -0.25) is 9.78 Å². The molecule has 0 saturated carbocycles. The van der Waals surface area contributed by atoms with Gasteiger partial charge in [-0.15, -0.1) is 0 Å². The van der Waals surface area contributed by atoms with Crippen molar-refractivity contribution in [2.45, 2.75) is 39.8 Å². The summed E-state index contributed by atoms with van der Waals surface area (Å²) in [5.41, 5.74) is 7.92. The second-order valence-electron chi connectivity index (χ2n) is 9.83. The van der Waals surface area contributed by atoms with Crippen LogP contribution in [0.4, 0.5) is 11.4 Å². The van der Waals surface area contributed by atoms with E-state index in [4.69, 9.17) is 17.0 Å². The Morgan fingerprint density at radius 3 is 2.56 bits per heavy atom. The Morgan fingerprint density at radius 1 is 1.08 bits per heavy atom. The molecule has 2 N–H and O–H groups in total. The SMILES string of the molecule is COCC(=O)Nc1ccc(N2C(=S)NC(c3ccccn3)C2c2cc(C)n(-c3ccc(C)cn3)c2C)cc1C. The maximum atomic E-state index is 12.1. The molecule has 4 heterocycles. The van der Waals surface area contributed by atoms with E-state index in [1.54, 1.807) is 6.20 Å². The Labute approximate surface area is 234 Å². The number of hydrogen-bond donors (Lipinski definition) is 2. The lowest BCUT2D eigenvalue weighted by atomic mass is 9.96. The van der Waals surface area contributed by atoms with Gasteiger partial charge in [0.1, 0.15) is 12.4 Å². The quantitative estimate of drug-likeness (QED) is 0.309. The number of hydrogen-bond acceptors (Lipinski definition) is 5. The molecule has 5 rings (SSSR count). The first-order chi connectivity index (χ1) is 18.8. The van der Waals surface area contributed by atoms with Crippen molar-refractivity contribution in [3.8, 4) is 5.82 Å². The van der Waals surface area contributed by atoms with Crippen molar-refractivity contribution < 1.29 is 9.53 Å². The van der Waals surface area contributed by atoms with Gasteiger partial charge in [0.2, 0.25) is 5.91 Å². The average molecular weight is 541 g/mol. The zero-order chi connectivity index (χ0) is 27.7. The monoisotopic (exact) mass is 540 g/mol. The number of aryl methyl sites for hydroxylation is 3. The number of ether oxygens (including phenoxy) is 1.